The van der Waals surface area contributed by atoms with Crippen LogP contribution in [-0.4, -0.2) is 52.0 Å². The molecule has 2 heterocycles. The molecule has 0 spiro atoms. The number of rotatable bonds is 7. The van der Waals surface area contributed by atoms with Crippen LogP contribution in [0.4, 0.5) is 4.79 Å². The second-order valence-corrected chi connectivity index (χ2v) is 9.94. The maximum atomic E-state index is 13.1. The summed E-state index contributed by atoms with van der Waals surface area (Å²) in [5, 5.41) is 3.87. The molecule has 2 N–H and O–H groups in total. The molecule has 2 amide bonds. The minimum absolute atomic E-state index is 0.0217. The van der Waals surface area contributed by atoms with E-state index in [4.69, 9.17) is 0 Å². The van der Waals surface area contributed by atoms with E-state index in [1.807, 2.05) is 23.1 Å². The first kappa shape index (κ1) is 24.9. The van der Waals surface area contributed by atoms with Gasteiger partial charge in [-0.15, -0.1) is 0 Å². The first-order chi connectivity index (χ1) is 16.9. The Kier molecular flexibility index (Phi) is 7.86. The Bertz CT molecular complexity index is 1200. The highest BCUT2D eigenvalue weighted by atomic mass is 16.2. The molecule has 35 heavy (non-hydrogen) atoms. The minimum Gasteiger partial charge on any atom is -0.331 e. The van der Waals surface area contributed by atoms with Crippen molar-refractivity contribution < 1.29 is 4.79 Å². The number of hydrogen-bond acceptors (Lipinski definition) is 4. The van der Waals surface area contributed by atoms with Crippen molar-refractivity contribution in [2.24, 2.45) is 5.92 Å². The van der Waals surface area contributed by atoms with Gasteiger partial charge in [0, 0.05) is 26.2 Å². The van der Waals surface area contributed by atoms with Crippen molar-refractivity contribution in [2.45, 2.75) is 52.6 Å². The fraction of sp³-hybridized carbons (Fsp3) is 0.464. The van der Waals surface area contributed by atoms with E-state index in [1.165, 1.54) is 5.56 Å². The van der Waals surface area contributed by atoms with Crippen LogP contribution in [0.1, 0.15) is 63.0 Å². The average Bonchev–Trinajstić information content (AvgIpc) is 2.87. The molecular weight excluding hydrogens is 438 g/mol. The molecule has 1 aliphatic rings. The summed E-state index contributed by atoms with van der Waals surface area (Å²) in [5.41, 5.74) is 3.08. The lowest BCUT2D eigenvalue weighted by atomic mass is 9.92. The standard InChI is InChI=1S/C28H37N5O2/c1-5-20(4)21-10-12-22(13-11-21)26(19(2)3)31-28(35)33-16-14-32(15-17-33)18-25-29-24-9-7-6-8-23(24)27(34)30-25/h6-13,19-20,26H,5,14-18H2,1-4H3,(H,31,35)(H,29,30,34). The summed E-state index contributed by atoms with van der Waals surface area (Å²) < 4.78 is 0. The largest absolute Gasteiger partial charge is 0.331 e. The number of urea groups is 1. The zero-order chi connectivity index (χ0) is 24.9. The van der Waals surface area contributed by atoms with Crippen LogP contribution in [0.3, 0.4) is 0 Å². The zero-order valence-corrected chi connectivity index (χ0v) is 21.3. The van der Waals surface area contributed by atoms with Crippen LogP contribution in [0.5, 0.6) is 0 Å². The number of amides is 2. The number of benzene rings is 2. The van der Waals surface area contributed by atoms with Crippen LogP contribution in [0, 0.1) is 5.92 Å². The van der Waals surface area contributed by atoms with Crippen LogP contribution < -0.4 is 10.9 Å². The quantitative estimate of drug-likeness (QED) is 0.521. The van der Waals surface area contributed by atoms with Crippen molar-refractivity contribution in [1.82, 2.24) is 25.1 Å². The number of nitrogens with one attached hydrogen (secondary N) is 2. The molecule has 2 unspecified atom stereocenters. The number of H-pyrrole nitrogens is 1. The summed E-state index contributed by atoms with van der Waals surface area (Å²) in [5.74, 6) is 1.48. The van der Waals surface area contributed by atoms with Crippen LogP contribution in [0.25, 0.3) is 10.9 Å². The number of aromatic nitrogens is 2. The Morgan fingerprint density at radius 1 is 1.00 bits per heavy atom. The van der Waals surface area contributed by atoms with Gasteiger partial charge in [0.25, 0.3) is 5.56 Å². The van der Waals surface area contributed by atoms with Crippen molar-refractivity contribution in [3.05, 3.63) is 75.8 Å². The van der Waals surface area contributed by atoms with E-state index in [0.29, 0.717) is 42.3 Å². The highest BCUT2D eigenvalue weighted by Crippen LogP contribution is 2.25. The maximum Gasteiger partial charge on any atom is 0.317 e. The lowest BCUT2D eigenvalue weighted by molar-refractivity contribution is 0.130. The number of para-hydroxylation sites is 1. The van der Waals surface area contributed by atoms with E-state index in [9.17, 15) is 9.59 Å². The number of piperazine rings is 1. The summed E-state index contributed by atoms with van der Waals surface area (Å²) >= 11 is 0. The van der Waals surface area contributed by atoms with Crippen molar-refractivity contribution >= 4 is 16.9 Å². The molecule has 2 atom stereocenters. The van der Waals surface area contributed by atoms with E-state index in [2.05, 4.69) is 72.1 Å². The van der Waals surface area contributed by atoms with Crippen LogP contribution in [-0.2, 0) is 6.54 Å². The van der Waals surface area contributed by atoms with E-state index >= 15 is 0 Å². The fourth-order valence-electron chi connectivity index (χ4n) is 4.66. The summed E-state index contributed by atoms with van der Waals surface area (Å²) in [6, 6.07) is 16.0. The third-order valence-corrected chi connectivity index (χ3v) is 7.12. The Morgan fingerprint density at radius 2 is 1.66 bits per heavy atom. The van der Waals surface area contributed by atoms with Gasteiger partial charge in [-0.2, -0.15) is 0 Å². The highest BCUT2D eigenvalue weighted by Gasteiger charge is 2.25. The van der Waals surface area contributed by atoms with Crippen molar-refractivity contribution in [1.29, 1.82) is 0 Å². The molecular formula is C28H37N5O2. The molecule has 0 radical (unpaired) electrons. The van der Waals surface area contributed by atoms with E-state index in [1.54, 1.807) is 6.07 Å². The lowest BCUT2D eigenvalue weighted by Crippen LogP contribution is -2.52. The molecule has 186 valence electrons. The smallest absolute Gasteiger partial charge is 0.317 e. The third-order valence-electron chi connectivity index (χ3n) is 7.12. The number of aromatic amines is 1. The lowest BCUT2D eigenvalue weighted by Gasteiger charge is -2.36. The predicted octanol–water partition coefficient (Wildman–Crippen LogP) is 4.66. The number of carbonyl (C=O) groups excluding carboxylic acids is 1. The first-order valence-corrected chi connectivity index (χ1v) is 12.7. The van der Waals surface area contributed by atoms with E-state index in [0.717, 1.165) is 25.1 Å². The molecule has 0 saturated carbocycles. The molecule has 4 rings (SSSR count). The van der Waals surface area contributed by atoms with Crippen LogP contribution in [0.15, 0.2) is 53.3 Å². The Hall–Kier alpha value is -3.19. The molecule has 3 aromatic rings. The zero-order valence-electron chi connectivity index (χ0n) is 21.3. The van der Waals surface area contributed by atoms with Crippen LogP contribution >= 0.6 is 0 Å². The Balaban J connectivity index is 1.34. The number of carbonyl (C=O) groups is 1. The van der Waals surface area contributed by atoms with Gasteiger partial charge in [0.15, 0.2) is 0 Å². The molecule has 0 aliphatic carbocycles. The van der Waals surface area contributed by atoms with Gasteiger partial charge in [0.2, 0.25) is 0 Å². The van der Waals surface area contributed by atoms with Gasteiger partial charge in [0.05, 0.1) is 23.5 Å². The predicted molar refractivity (Wildman–Crippen MR) is 140 cm³/mol. The molecule has 7 nitrogen and oxygen atoms in total. The van der Waals surface area contributed by atoms with Gasteiger partial charge >= 0.3 is 6.03 Å². The second kappa shape index (κ2) is 11.0. The second-order valence-electron chi connectivity index (χ2n) is 9.94. The summed E-state index contributed by atoms with van der Waals surface area (Å²) in [4.78, 5) is 37.1. The van der Waals surface area contributed by atoms with Gasteiger partial charge in [-0.3, -0.25) is 9.69 Å². The normalized spacial score (nSPS) is 16.4. The Morgan fingerprint density at radius 3 is 2.31 bits per heavy atom. The van der Waals surface area contributed by atoms with E-state index < -0.39 is 0 Å². The fourth-order valence-corrected chi connectivity index (χ4v) is 4.66. The van der Waals surface area contributed by atoms with Gasteiger partial charge in [-0.1, -0.05) is 64.1 Å². The first-order valence-electron chi connectivity index (χ1n) is 12.7. The van der Waals surface area contributed by atoms with E-state index in [-0.39, 0.29) is 23.6 Å². The molecule has 1 saturated heterocycles. The van der Waals surface area contributed by atoms with Crippen molar-refractivity contribution in [3.8, 4) is 0 Å². The summed E-state index contributed by atoms with van der Waals surface area (Å²) in [7, 11) is 0. The molecule has 1 aromatic heterocycles. The number of hydrogen-bond donors (Lipinski definition) is 2. The van der Waals surface area contributed by atoms with Crippen molar-refractivity contribution in [2.75, 3.05) is 26.2 Å². The molecule has 2 aromatic carbocycles. The monoisotopic (exact) mass is 475 g/mol. The Labute approximate surface area is 207 Å². The molecule has 1 fully saturated rings. The third kappa shape index (κ3) is 5.90. The average molecular weight is 476 g/mol. The molecule has 1 aliphatic heterocycles. The van der Waals surface area contributed by atoms with Gasteiger partial charge < -0.3 is 15.2 Å². The van der Waals surface area contributed by atoms with Gasteiger partial charge in [-0.25, -0.2) is 9.78 Å². The molecule has 0 bridgehead atoms. The highest BCUT2D eigenvalue weighted by molar-refractivity contribution is 5.77. The summed E-state index contributed by atoms with van der Waals surface area (Å²) in [6.07, 6.45) is 1.11. The van der Waals surface area contributed by atoms with Gasteiger partial charge in [0.1, 0.15) is 5.82 Å². The maximum absolute atomic E-state index is 13.1. The summed E-state index contributed by atoms with van der Waals surface area (Å²) in [6.45, 7) is 12.0. The molecule has 7 heteroatoms. The van der Waals surface area contributed by atoms with Crippen molar-refractivity contribution in [3.63, 3.8) is 0 Å². The van der Waals surface area contributed by atoms with Crippen LogP contribution in [0.2, 0.25) is 0 Å². The van der Waals surface area contributed by atoms with Gasteiger partial charge in [-0.05, 0) is 41.5 Å². The topological polar surface area (TPSA) is 81.3 Å². The number of nitrogens with zero attached hydrogens (tertiary/aromatic N) is 3. The minimum atomic E-state index is -0.111. The number of fused-ring (bicyclic) bond motifs is 1. The SMILES string of the molecule is CCC(C)c1ccc(C(NC(=O)N2CCN(Cc3nc4ccccc4c(=O)[nH]3)CC2)C(C)C)cc1.